The van der Waals surface area contributed by atoms with Crippen LogP contribution in [0, 0.1) is 5.92 Å². The summed E-state index contributed by atoms with van der Waals surface area (Å²) in [6, 6.07) is 3.92. The summed E-state index contributed by atoms with van der Waals surface area (Å²) >= 11 is 13.5. The minimum atomic E-state index is -0.833. The first kappa shape index (κ1) is 19.4. The minimum Gasteiger partial charge on any atom is -0.324 e. The van der Waals surface area contributed by atoms with Gasteiger partial charge in [0, 0.05) is 20.6 Å². The number of rotatable bonds is 3. The van der Waals surface area contributed by atoms with Crippen molar-refractivity contribution in [2.45, 2.75) is 39.2 Å². The van der Waals surface area contributed by atoms with Gasteiger partial charge in [-0.2, -0.15) is 4.68 Å². The van der Waals surface area contributed by atoms with Crippen molar-refractivity contribution in [3.8, 4) is 0 Å². The molecule has 0 saturated heterocycles. The van der Waals surface area contributed by atoms with Gasteiger partial charge in [-0.1, -0.05) is 35.3 Å². The van der Waals surface area contributed by atoms with E-state index in [4.69, 9.17) is 23.2 Å². The van der Waals surface area contributed by atoms with Crippen LogP contribution in [0.15, 0.2) is 23.0 Å². The van der Waals surface area contributed by atoms with E-state index in [0.717, 1.165) is 29.5 Å². The van der Waals surface area contributed by atoms with Crippen molar-refractivity contribution < 1.29 is 4.79 Å². The third-order valence-electron chi connectivity index (χ3n) is 5.02. The SMILES string of the molecule is CC1CCc2c(sc3nnn(C(C)C(=O)Nc4cc(Cl)cc(Cl)c4)c(=O)c23)C1. The number of benzene rings is 1. The molecule has 1 aliphatic carbocycles. The van der Waals surface area contributed by atoms with Gasteiger partial charge < -0.3 is 5.32 Å². The first-order valence-electron chi connectivity index (χ1n) is 9.00. The zero-order valence-electron chi connectivity index (χ0n) is 15.3. The normalized spacial score (nSPS) is 17.4. The van der Waals surface area contributed by atoms with Gasteiger partial charge in [-0.05, 0) is 55.9 Å². The number of carbonyl (C=O) groups is 1. The number of aryl methyl sites for hydroxylation is 1. The summed E-state index contributed by atoms with van der Waals surface area (Å²) in [5.74, 6) is 0.205. The van der Waals surface area contributed by atoms with Crippen molar-refractivity contribution in [1.82, 2.24) is 15.0 Å². The zero-order chi connectivity index (χ0) is 20.0. The van der Waals surface area contributed by atoms with E-state index in [2.05, 4.69) is 22.6 Å². The summed E-state index contributed by atoms with van der Waals surface area (Å²) < 4.78 is 1.15. The molecule has 0 bridgehead atoms. The van der Waals surface area contributed by atoms with Crippen LogP contribution in [0.3, 0.4) is 0 Å². The molecule has 3 aromatic rings. The van der Waals surface area contributed by atoms with Crippen LogP contribution in [-0.2, 0) is 17.6 Å². The standard InChI is InChI=1S/C19H18Cl2N4O2S/c1-9-3-4-14-15(5-9)28-18-16(14)19(27)25(24-23-18)10(2)17(26)22-13-7-11(20)6-12(21)8-13/h6-10H,3-5H2,1-2H3,(H,22,26). The fraction of sp³-hybridized carbons (Fsp3) is 0.368. The van der Waals surface area contributed by atoms with Crippen LogP contribution in [0.5, 0.6) is 0 Å². The molecule has 1 amide bonds. The first-order valence-corrected chi connectivity index (χ1v) is 10.6. The van der Waals surface area contributed by atoms with E-state index in [1.54, 1.807) is 25.1 Å². The fourth-order valence-electron chi connectivity index (χ4n) is 3.51. The lowest BCUT2D eigenvalue weighted by molar-refractivity contribution is -0.119. The van der Waals surface area contributed by atoms with Crippen LogP contribution in [0.1, 0.15) is 36.8 Å². The largest absolute Gasteiger partial charge is 0.324 e. The van der Waals surface area contributed by atoms with Crippen LogP contribution >= 0.6 is 34.5 Å². The van der Waals surface area contributed by atoms with E-state index in [9.17, 15) is 9.59 Å². The molecule has 9 heteroatoms. The van der Waals surface area contributed by atoms with Crippen molar-refractivity contribution in [2.24, 2.45) is 5.92 Å². The average Bonchev–Trinajstić information content (AvgIpc) is 2.98. The van der Waals surface area contributed by atoms with Gasteiger partial charge in [-0.25, -0.2) is 0 Å². The lowest BCUT2D eigenvalue weighted by Gasteiger charge is -2.17. The van der Waals surface area contributed by atoms with Crippen LogP contribution in [0.25, 0.3) is 10.2 Å². The molecular weight excluding hydrogens is 419 g/mol. The number of nitrogens with zero attached hydrogens (tertiary/aromatic N) is 3. The monoisotopic (exact) mass is 436 g/mol. The molecule has 4 rings (SSSR count). The van der Waals surface area contributed by atoms with Crippen LogP contribution in [0.2, 0.25) is 10.0 Å². The van der Waals surface area contributed by atoms with E-state index in [1.807, 2.05) is 0 Å². The highest BCUT2D eigenvalue weighted by molar-refractivity contribution is 7.18. The van der Waals surface area contributed by atoms with Crippen molar-refractivity contribution in [3.63, 3.8) is 0 Å². The topological polar surface area (TPSA) is 76.9 Å². The lowest BCUT2D eigenvalue weighted by Crippen LogP contribution is -2.34. The molecule has 146 valence electrons. The number of thiophene rings is 1. The second kappa shape index (κ2) is 7.46. The first-order chi connectivity index (χ1) is 13.3. The van der Waals surface area contributed by atoms with Gasteiger partial charge in [0.2, 0.25) is 5.91 Å². The highest BCUT2D eigenvalue weighted by Crippen LogP contribution is 2.35. The quantitative estimate of drug-likeness (QED) is 0.655. The molecule has 2 unspecified atom stereocenters. The maximum absolute atomic E-state index is 13.1. The number of fused-ring (bicyclic) bond motifs is 3. The van der Waals surface area contributed by atoms with Crippen LogP contribution in [0.4, 0.5) is 5.69 Å². The smallest absolute Gasteiger partial charge is 0.279 e. The Morgan fingerprint density at radius 2 is 2.04 bits per heavy atom. The number of hydrogen-bond donors (Lipinski definition) is 1. The molecule has 2 atom stereocenters. The zero-order valence-corrected chi connectivity index (χ0v) is 17.7. The molecule has 0 radical (unpaired) electrons. The number of carbonyl (C=O) groups excluding carboxylic acids is 1. The Bertz CT molecular complexity index is 1120. The molecule has 1 aliphatic rings. The van der Waals surface area contributed by atoms with E-state index in [0.29, 0.717) is 31.9 Å². The Morgan fingerprint density at radius 3 is 2.75 bits per heavy atom. The van der Waals surface area contributed by atoms with Gasteiger partial charge >= 0.3 is 0 Å². The predicted octanol–water partition coefficient (Wildman–Crippen LogP) is 4.48. The molecule has 0 spiro atoms. The van der Waals surface area contributed by atoms with Gasteiger partial charge in [-0.15, -0.1) is 16.4 Å². The third kappa shape index (κ3) is 3.54. The highest BCUT2D eigenvalue weighted by Gasteiger charge is 2.26. The van der Waals surface area contributed by atoms with E-state index >= 15 is 0 Å². The summed E-state index contributed by atoms with van der Waals surface area (Å²) in [5, 5.41) is 12.4. The Labute approximate surface area is 175 Å². The maximum Gasteiger partial charge on any atom is 0.279 e. The predicted molar refractivity (Wildman–Crippen MR) is 113 cm³/mol. The minimum absolute atomic E-state index is 0.274. The van der Waals surface area contributed by atoms with Crippen molar-refractivity contribution in [1.29, 1.82) is 0 Å². The summed E-state index contributed by atoms with van der Waals surface area (Å²) in [6.45, 7) is 3.83. The number of nitrogens with one attached hydrogen (secondary N) is 1. The molecular formula is C19H18Cl2N4O2S. The number of aromatic nitrogens is 3. The molecule has 0 saturated carbocycles. The van der Waals surface area contributed by atoms with Gasteiger partial charge in [0.05, 0.1) is 5.39 Å². The van der Waals surface area contributed by atoms with Crippen molar-refractivity contribution >= 4 is 56.3 Å². The Balaban J connectivity index is 1.67. The Kier molecular flexibility index (Phi) is 5.16. The second-order valence-electron chi connectivity index (χ2n) is 7.19. The number of hydrogen-bond acceptors (Lipinski definition) is 5. The summed E-state index contributed by atoms with van der Waals surface area (Å²) in [5.41, 5.74) is 1.25. The molecule has 2 aromatic heterocycles. The molecule has 28 heavy (non-hydrogen) atoms. The van der Waals surface area contributed by atoms with Crippen molar-refractivity contribution in [2.75, 3.05) is 5.32 Å². The van der Waals surface area contributed by atoms with Gasteiger partial charge in [0.1, 0.15) is 6.04 Å². The number of halogens is 2. The Morgan fingerprint density at radius 1 is 1.32 bits per heavy atom. The number of amides is 1. The highest BCUT2D eigenvalue weighted by atomic mass is 35.5. The Hall–Kier alpha value is -1.96. The molecule has 0 aliphatic heterocycles. The van der Waals surface area contributed by atoms with E-state index < -0.39 is 11.9 Å². The average molecular weight is 437 g/mol. The molecule has 0 fully saturated rings. The van der Waals surface area contributed by atoms with Crippen LogP contribution in [-0.4, -0.2) is 20.9 Å². The number of anilines is 1. The van der Waals surface area contributed by atoms with Gasteiger partial charge in [0.15, 0.2) is 4.83 Å². The van der Waals surface area contributed by atoms with Crippen LogP contribution < -0.4 is 10.9 Å². The molecule has 6 nitrogen and oxygen atoms in total. The van der Waals surface area contributed by atoms with Crippen molar-refractivity contribution in [3.05, 3.63) is 49.0 Å². The van der Waals surface area contributed by atoms with Gasteiger partial charge in [0.25, 0.3) is 5.56 Å². The third-order valence-corrected chi connectivity index (χ3v) is 6.60. The van der Waals surface area contributed by atoms with E-state index in [1.165, 1.54) is 16.2 Å². The summed E-state index contributed by atoms with van der Waals surface area (Å²) in [6.07, 6.45) is 2.87. The maximum atomic E-state index is 13.1. The molecule has 1 aromatic carbocycles. The second-order valence-corrected chi connectivity index (χ2v) is 9.15. The summed E-state index contributed by atoms with van der Waals surface area (Å²) in [4.78, 5) is 27.6. The fourth-order valence-corrected chi connectivity index (χ4v) is 5.35. The summed E-state index contributed by atoms with van der Waals surface area (Å²) in [7, 11) is 0. The van der Waals surface area contributed by atoms with Gasteiger partial charge in [-0.3, -0.25) is 9.59 Å². The lowest BCUT2D eigenvalue weighted by atomic mass is 9.89. The van der Waals surface area contributed by atoms with E-state index in [-0.39, 0.29) is 5.56 Å². The molecule has 1 N–H and O–H groups in total. The molecule has 2 heterocycles.